The number of aliphatic hydroxyl groups is 1. The zero-order valence-electron chi connectivity index (χ0n) is 11.6. The summed E-state index contributed by atoms with van der Waals surface area (Å²) in [6.45, 7) is 8.12. The van der Waals surface area contributed by atoms with Gasteiger partial charge >= 0.3 is 0 Å². The van der Waals surface area contributed by atoms with E-state index in [0.717, 1.165) is 6.54 Å². The average molecular weight is 249 g/mol. The summed E-state index contributed by atoms with van der Waals surface area (Å²) in [6, 6.07) is 0. The molecule has 0 rings (SSSR count). The molecule has 0 spiro atoms. The van der Waals surface area contributed by atoms with Gasteiger partial charge in [0.25, 0.3) is 0 Å². The van der Waals surface area contributed by atoms with Gasteiger partial charge in [-0.15, -0.1) is 0 Å². The summed E-state index contributed by atoms with van der Waals surface area (Å²) in [5, 5.41) is 9.60. The molecule has 0 aliphatic carbocycles. The van der Waals surface area contributed by atoms with Crippen LogP contribution < -0.4 is 0 Å². The standard InChI is InChI=1S/C12H27NO4/c1-12(2,14)11-13(3)5-6-16-9-10-17-8-7-15-4/h14H,5-11H2,1-4H3. The largest absolute Gasteiger partial charge is 0.389 e. The lowest BCUT2D eigenvalue weighted by atomic mass is 10.1. The van der Waals surface area contributed by atoms with Crippen molar-refractivity contribution in [3.05, 3.63) is 0 Å². The summed E-state index contributed by atoms with van der Waals surface area (Å²) in [6.07, 6.45) is 0. The first-order valence-electron chi connectivity index (χ1n) is 6.01. The maximum absolute atomic E-state index is 9.60. The number of likely N-dealkylation sites (N-methyl/N-ethyl adjacent to an activating group) is 1. The van der Waals surface area contributed by atoms with E-state index in [4.69, 9.17) is 14.2 Å². The van der Waals surface area contributed by atoms with Gasteiger partial charge < -0.3 is 24.2 Å². The van der Waals surface area contributed by atoms with Crippen LogP contribution in [0, 0.1) is 0 Å². The van der Waals surface area contributed by atoms with Crippen LogP contribution in [0.5, 0.6) is 0 Å². The number of nitrogens with zero attached hydrogens (tertiary/aromatic N) is 1. The summed E-state index contributed by atoms with van der Waals surface area (Å²) in [5.74, 6) is 0. The second kappa shape index (κ2) is 9.79. The van der Waals surface area contributed by atoms with Crippen molar-refractivity contribution in [2.24, 2.45) is 0 Å². The predicted molar refractivity (Wildman–Crippen MR) is 67.3 cm³/mol. The van der Waals surface area contributed by atoms with Crippen LogP contribution in [-0.2, 0) is 14.2 Å². The average Bonchev–Trinajstić information content (AvgIpc) is 2.19. The van der Waals surface area contributed by atoms with Crippen molar-refractivity contribution in [1.29, 1.82) is 0 Å². The smallest absolute Gasteiger partial charge is 0.0718 e. The van der Waals surface area contributed by atoms with Crippen molar-refractivity contribution in [3.63, 3.8) is 0 Å². The third kappa shape index (κ3) is 13.7. The molecule has 0 bridgehead atoms. The Labute approximate surface area is 105 Å². The van der Waals surface area contributed by atoms with E-state index in [-0.39, 0.29) is 0 Å². The molecule has 0 aromatic heterocycles. The number of hydrogen-bond donors (Lipinski definition) is 1. The predicted octanol–water partition coefficient (Wildman–Crippen LogP) is 0.369. The van der Waals surface area contributed by atoms with Crippen LogP contribution in [0.1, 0.15) is 13.8 Å². The van der Waals surface area contributed by atoms with Gasteiger partial charge in [-0.2, -0.15) is 0 Å². The van der Waals surface area contributed by atoms with Crippen LogP contribution in [0.15, 0.2) is 0 Å². The molecule has 0 aliphatic rings. The van der Waals surface area contributed by atoms with E-state index in [0.29, 0.717) is 39.6 Å². The molecule has 0 heterocycles. The van der Waals surface area contributed by atoms with Crippen LogP contribution in [0.2, 0.25) is 0 Å². The lowest BCUT2D eigenvalue weighted by Crippen LogP contribution is -2.37. The van der Waals surface area contributed by atoms with Gasteiger partial charge in [-0.05, 0) is 20.9 Å². The summed E-state index contributed by atoms with van der Waals surface area (Å²) < 4.78 is 15.5. The first-order chi connectivity index (χ1) is 7.95. The maximum atomic E-state index is 9.60. The quantitative estimate of drug-likeness (QED) is 0.536. The van der Waals surface area contributed by atoms with Crippen LogP contribution >= 0.6 is 0 Å². The van der Waals surface area contributed by atoms with E-state index in [9.17, 15) is 5.11 Å². The topological polar surface area (TPSA) is 51.2 Å². The van der Waals surface area contributed by atoms with Gasteiger partial charge in [0, 0.05) is 20.2 Å². The van der Waals surface area contributed by atoms with E-state index >= 15 is 0 Å². The Balaban J connectivity index is 3.22. The lowest BCUT2D eigenvalue weighted by molar-refractivity contribution is 0.00985. The maximum Gasteiger partial charge on any atom is 0.0718 e. The zero-order chi connectivity index (χ0) is 13.1. The molecule has 0 radical (unpaired) electrons. The van der Waals surface area contributed by atoms with E-state index in [1.165, 1.54) is 0 Å². The highest BCUT2D eigenvalue weighted by molar-refractivity contribution is 4.69. The molecule has 0 fully saturated rings. The molecule has 1 N–H and O–H groups in total. The minimum atomic E-state index is -0.655. The van der Waals surface area contributed by atoms with Crippen LogP contribution in [0.4, 0.5) is 0 Å². The summed E-state index contributed by atoms with van der Waals surface area (Å²) >= 11 is 0. The fraction of sp³-hybridized carbons (Fsp3) is 1.00. The number of hydrogen-bond acceptors (Lipinski definition) is 5. The van der Waals surface area contributed by atoms with Gasteiger partial charge in [0.15, 0.2) is 0 Å². The van der Waals surface area contributed by atoms with E-state index < -0.39 is 5.60 Å². The van der Waals surface area contributed by atoms with E-state index in [2.05, 4.69) is 0 Å². The van der Waals surface area contributed by atoms with Crippen LogP contribution in [0.25, 0.3) is 0 Å². The normalized spacial score (nSPS) is 12.4. The van der Waals surface area contributed by atoms with Crippen molar-refractivity contribution in [1.82, 2.24) is 4.90 Å². The van der Waals surface area contributed by atoms with Gasteiger partial charge in [-0.1, -0.05) is 0 Å². The minimum Gasteiger partial charge on any atom is -0.389 e. The molecular weight excluding hydrogens is 222 g/mol. The molecule has 0 saturated carbocycles. The zero-order valence-corrected chi connectivity index (χ0v) is 11.6. The fourth-order valence-electron chi connectivity index (χ4n) is 1.42. The van der Waals surface area contributed by atoms with E-state index in [1.807, 2.05) is 11.9 Å². The highest BCUT2D eigenvalue weighted by Crippen LogP contribution is 2.02. The van der Waals surface area contributed by atoms with Gasteiger partial charge in [0.2, 0.25) is 0 Å². The molecule has 0 amide bonds. The molecule has 0 aliphatic heterocycles. The second-order valence-corrected chi connectivity index (χ2v) is 4.77. The molecule has 5 heteroatoms. The Kier molecular flexibility index (Phi) is 9.68. The van der Waals surface area contributed by atoms with Crippen molar-refractivity contribution in [2.45, 2.75) is 19.4 Å². The molecular formula is C12H27NO4. The van der Waals surface area contributed by atoms with Gasteiger partial charge in [0.05, 0.1) is 38.6 Å². The van der Waals surface area contributed by atoms with Gasteiger partial charge in [-0.25, -0.2) is 0 Å². The highest BCUT2D eigenvalue weighted by Gasteiger charge is 2.14. The Morgan fingerprint density at radius 3 is 2.06 bits per heavy atom. The molecule has 104 valence electrons. The van der Waals surface area contributed by atoms with E-state index in [1.54, 1.807) is 21.0 Å². The number of methoxy groups -OCH3 is 1. The van der Waals surface area contributed by atoms with Crippen LogP contribution in [0.3, 0.4) is 0 Å². The minimum absolute atomic E-state index is 0.596. The third-order valence-electron chi connectivity index (χ3n) is 2.08. The lowest BCUT2D eigenvalue weighted by Gasteiger charge is -2.25. The van der Waals surface area contributed by atoms with Crippen LogP contribution in [-0.4, -0.2) is 75.9 Å². The molecule has 0 unspecified atom stereocenters. The van der Waals surface area contributed by atoms with Gasteiger partial charge in [0.1, 0.15) is 0 Å². The molecule has 0 saturated heterocycles. The molecule has 17 heavy (non-hydrogen) atoms. The second-order valence-electron chi connectivity index (χ2n) is 4.77. The fourth-order valence-corrected chi connectivity index (χ4v) is 1.42. The van der Waals surface area contributed by atoms with Crippen molar-refractivity contribution >= 4 is 0 Å². The number of rotatable bonds is 11. The molecule has 0 aromatic rings. The monoisotopic (exact) mass is 249 g/mol. The Bertz CT molecular complexity index is 170. The van der Waals surface area contributed by atoms with Crippen molar-refractivity contribution in [2.75, 3.05) is 60.3 Å². The summed E-state index contributed by atoms with van der Waals surface area (Å²) in [7, 11) is 3.62. The third-order valence-corrected chi connectivity index (χ3v) is 2.08. The van der Waals surface area contributed by atoms with Crippen molar-refractivity contribution in [3.8, 4) is 0 Å². The van der Waals surface area contributed by atoms with Crippen molar-refractivity contribution < 1.29 is 19.3 Å². The Morgan fingerprint density at radius 2 is 1.53 bits per heavy atom. The first-order valence-corrected chi connectivity index (χ1v) is 6.01. The molecule has 5 nitrogen and oxygen atoms in total. The Morgan fingerprint density at radius 1 is 1.00 bits per heavy atom. The Hall–Kier alpha value is -0.200. The summed E-state index contributed by atoms with van der Waals surface area (Å²) in [5.41, 5.74) is -0.655. The first kappa shape index (κ1) is 16.8. The molecule has 0 atom stereocenters. The number of ether oxygens (including phenoxy) is 3. The highest BCUT2D eigenvalue weighted by atomic mass is 16.5. The van der Waals surface area contributed by atoms with Gasteiger partial charge in [-0.3, -0.25) is 0 Å². The summed E-state index contributed by atoms with van der Waals surface area (Å²) in [4.78, 5) is 2.05. The SMILES string of the molecule is COCCOCCOCCN(C)CC(C)(C)O. The molecule has 0 aromatic carbocycles.